The van der Waals surface area contributed by atoms with Gasteiger partial charge in [0, 0.05) is 6.07 Å². The Labute approximate surface area is 144 Å². The molecule has 0 aliphatic rings. The van der Waals surface area contributed by atoms with E-state index in [1.54, 1.807) is 6.92 Å². The molecule has 1 unspecified atom stereocenters. The maximum atomic E-state index is 12.2. The summed E-state index contributed by atoms with van der Waals surface area (Å²) in [5, 5.41) is 28.9. The topological polar surface area (TPSA) is 87.0 Å². The molecular weight excluding hydrogens is 308 g/mol. The van der Waals surface area contributed by atoms with Crippen molar-refractivity contribution in [2.75, 3.05) is 6.61 Å². The molecule has 1 rings (SSSR count). The molecule has 24 heavy (non-hydrogen) atoms. The van der Waals surface area contributed by atoms with Crippen molar-refractivity contribution in [3.63, 3.8) is 0 Å². The molecule has 5 nitrogen and oxygen atoms in total. The summed E-state index contributed by atoms with van der Waals surface area (Å²) < 4.78 is 5.21. The van der Waals surface area contributed by atoms with Gasteiger partial charge in [0.1, 0.15) is 17.1 Å². The molecule has 1 aromatic rings. The van der Waals surface area contributed by atoms with E-state index in [1.807, 2.05) is 13.8 Å². The molecule has 0 spiro atoms. The van der Waals surface area contributed by atoms with Crippen LogP contribution in [0, 0.1) is 5.92 Å². The number of aromatic hydroxyl groups is 2. The fourth-order valence-electron chi connectivity index (χ4n) is 2.53. The summed E-state index contributed by atoms with van der Waals surface area (Å²) in [4.78, 5) is 12.2. The van der Waals surface area contributed by atoms with E-state index in [4.69, 9.17) is 4.74 Å². The quantitative estimate of drug-likeness (QED) is 0.446. The number of benzene rings is 1. The van der Waals surface area contributed by atoms with Crippen LogP contribution in [0.1, 0.15) is 68.8 Å². The van der Waals surface area contributed by atoms with Crippen molar-refractivity contribution in [2.24, 2.45) is 5.92 Å². The van der Waals surface area contributed by atoms with E-state index in [0.717, 1.165) is 38.2 Å². The van der Waals surface area contributed by atoms with Gasteiger partial charge >= 0.3 is 5.97 Å². The van der Waals surface area contributed by atoms with Crippen LogP contribution < -0.4 is 0 Å². The standard InChI is InChI=1S/C19H30O5/c1-13(2)12-24-19(23)18-15(10-16(21)11-17(18)22)9-7-5-4-6-8-14(3)20/h10-11,13-14,20-22H,4-9,12H2,1-3H3. The molecule has 0 amide bonds. The predicted molar refractivity (Wildman–Crippen MR) is 93.4 cm³/mol. The minimum atomic E-state index is -0.551. The van der Waals surface area contributed by atoms with E-state index in [2.05, 4.69) is 0 Å². The van der Waals surface area contributed by atoms with Crippen molar-refractivity contribution in [2.45, 2.75) is 65.4 Å². The minimum Gasteiger partial charge on any atom is -0.508 e. The predicted octanol–water partition coefficient (Wildman–Crippen LogP) is 3.78. The maximum absolute atomic E-state index is 12.2. The third-order valence-electron chi connectivity index (χ3n) is 3.75. The van der Waals surface area contributed by atoms with E-state index in [9.17, 15) is 20.1 Å². The molecule has 5 heteroatoms. The van der Waals surface area contributed by atoms with Gasteiger partial charge in [0.05, 0.1) is 12.7 Å². The van der Waals surface area contributed by atoms with E-state index in [0.29, 0.717) is 12.0 Å². The Bertz CT molecular complexity index is 523. The van der Waals surface area contributed by atoms with Gasteiger partial charge in [-0.05, 0) is 43.7 Å². The summed E-state index contributed by atoms with van der Waals surface area (Å²) in [6.07, 6.45) is 4.88. The molecule has 0 fully saturated rings. The molecule has 1 aromatic carbocycles. The lowest BCUT2D eigenvalue weighted by Gasteiger charge is -2.13. The molecule has 0 aliphatic heterocycles. The van der Waals surface area contributed by atoms with E-state index >= 15 is 0 Å². The molecule has 0 saturated heterocycles. The number of hydrogen-bond donors (Lipinski definition) is 3. The van der Waals surface area contributed by atoms with Gasteiger partial charge < -0.3 is 20.1 Å². The largest absolute Gasteiger partial charge is 0.508 e. The number of phenolic OH excluding ortho intramolecular Hbond substituents is 2. The van der Waals surface area contributed by atoms with Crippen LogP contribution >= 0.6 is 0 Å². The first-order valence-corrected chi connectivity index (χ1v) is 8.71. The zero-order chi connectivity index (χ0) is 18.1. The number of aryl methyl sites for hydroxylation is 1. The molecule has 0 aliphatic carbocycles. The van der Waals surface area contributed by atoms with Crippen molar-refractivity contribution in [3.8, 4) is 11.5 Å². The number of aliphatic hydroxyl groups excluding tert-OH is 1. The highest BCUT2D eigenvalue weighted by atomic mass is 16.5. The van der Waals surface area contributed by atoms with Crippen LogP contribution in [0.3, 0.4) is 0 Å². The van der Waals surface area contributed by atoms with Crippen molar-refractivity contribution in [3.05, 3.63) is 23.3 Å². The van der Waals surface area contributed by atoms with Crippen LogP contribution in [0.2, 0.25) is 0 Å². The molecule has 0 bridgehead atoms. The lowest BCUT2D eigenvalue weighted by molar-refractivity contribution is 0.0454. The molecule has 136 valence electrons. The fraction of sp³-hybridized carbons (Fsp3) is 0.632. The van der Waals surface area contributed by atoms with Crippen molar-refractivity contribution < 1.29 is 24.9 Å². The summed E-state index contributed by atoms with van der Waals surface area (Å²) in [5.41, 5.74) is 0.759. The average molecular weight is 338 g/mol. The van der Waals surface area contributed by atoms with Crippen LogP contribution in [0.4, 0.5) is 0 Å². The second-order valence-corrected chi connectivity index (χ2v) is 6.79. The third kappa shape index (κ3) is 7.21. The van der Waals surface area contributed by atoms with Gasteiger partial charge in [0.2, 0.25) is 0 Å². The van der Waals surface area contributed by atoms with Gasteiger partial charge in [-0.3, -0.25) is 0 Å². The summed E-state index contributed by atoms with van der Waals surface area (Å²) in [6.45, 7) is 5.96. The number of ether oxygens (including phenoxy) is 1. The maximum Gasteiger partial charge on any atom is 0.342 e. The van der Waals surface area contributed by atoms with E-state index in [1.165, 1.54) is 6.07 Å². The van der Waals surface area contributed by atoms with Gasteiger partial charge in [-0.1, -0.05) is 33.1 Å². The van der Waals surface area contributed by atoms with Crippen LogP contribution in [-0.2, 0) is 11.2 Å². The number of carbonyl (C=O) groups is 1. The molecule has 1 atom stereocenters. The summed E-state index contributed by atoms with van der Waals surface area (Å²) >= 11 is 0. The smallest absolute Gasteiger partial charge is 0.342 e. The first-order valence-electron chi connectivity index (χ1n) is 8.71. The van der Waals surface area contributed by atoms with Crippen LogP contribution in [0.5, 0.6) is 11.5 Å². The number of aliphatic hydroxyl groups is 1. The van der Waals surface area contributed by atoms with Gasteiger partial charge in [0.25, 0.3) is 0 Å². The Morgan fingerprint density at radius 1 is 1.08 bits per heavy atom. The molecule has 0 radical (unpaired) electrons. The van der Waals surface area contributed by atoms with Crippen molar-refractivity contribution in [1.82, 2.24) is 0 Å². The lowest BCUT2D eigenvalue weighted by atomic mass is 9.99. The molecule has 0 aromatic heterocycles. The van der Waals surface area contributed by atoms with E-state index < -0.39 is 5.97 Å². The van der Waals surface area contributed by atoms with Crippen LogP contribution in [0.15, 0.2) is 12.1 Å². The second-order valence-electron chi connectivity index (χ2n) is 6.79. The Morgan fingerprint density at radius 3 is 2.38 bits per heavy atom. The number of phenols is 2. The zero-order valence-electron chi connectivity index (χ0n) is 14.9. The van der Waals surface area contributed by atoms with Crippen LogP contribution in [-0.4, -0.2) is 34.0 Å². The number of rotatable bonds is 10. The van der Waals surface area contributed by atoms with Gasteiger partial charge in [-0.25, -0.2) is 4.79 Å². The Hall–Kier alpha value is -1.75. The summed E-state index contributed by atoms with van der Waals surface area (Å²) in [5.74, 6) is -0.638. The average Bonchev–Trinajstić information content (AvgIpc) is 2.47. The first kappa shape index (κ1) is 20.3. The van der Waals surface area contributed by atoms with Gasteiger partial charge in [-0.15, -0.1) is 0 Å². The second kappa shape index (κ2) is 10.2. The highest BCUT2D eigenvalue weighted by Crippen LogP contribution is 2.29. The zero-order valence-corrected chi connectivity index (χ0v) is 14.9. The fourth-order valence-corrected chi connectivity index (χ4v) is 2.53. The Balaban J connectivity index is 2.66. The first-order chi connectivity index (χ1) is 11.3. The lowest BCUT2D eigenvalue weighted by Crippen LogP contribution is -2.12. The Morgan fingerprint density at radius 2 is 1.75 bits per heavy atom. The highest BCUT2D eigenvalue weighted by Gasteiger charge is 2.19. The van der Waals surface area contributed by atoms with Gasteiger partial charge in [0.15, 0.2) is 0 Å². The molecule has 0 heterocycles. The minimum absolute atomic E-state index is 0.0583. The van der Waals surface area contributed by atoms with Crippen molar-refractivity contribution >= 4 is 5.97 Å². The molecule has 3 N–H and O–H groups in total. The number of unbranched alkanes of at least 4 members (excludes halogenated alkanes) is 3. The molecule has 0 saturated carbocycles. The van der Waals surface area contributed by atoms with E-state index in [-0.39, 0.29) is 35.7 Å². The highest BCUT2D eigenvalue weighted by molar-refractivity contribution is 5.94. The SMILES string of the molecule is CC(C)COC(=O)c1c(O)cc(O)cc1CCCCCCC(C)O. The number of carbonyl (C=O) groups excluding carboxylic acids is 1. The molecular formula is C19H30O5. The number of esters is 1. The number of hydrogen-bond acceptors (Lipinski definition) is 5. The summed E-state index contributed by atoms with van der Waals surface area (Å²) in [6, 6.07) is 2.68. The normalized spacial score (nSPS) is 12.4. The van der Waals surface area contributed by atoms with Gasteiger partial charge in [-0.2, -0.15) is 0 Å². The summed E-state index contributed by atoms with van der Waals surface area (Å²) in [7, 11) is 0. The Kier molecular flexibility index (Phi) is 8.61. The van der Waals surface area contributed by atoms with Crippen LogP contribution in [0.25, 0.3) is 0 Å². The third-order valence-corrected chi connectivity index (χ3v) is 3.75. The monoisotopic (exact) mass is 338 g/mol. The van der Waals surface area contributed by atoms with Crippen molar-refractivity contribution in [1.29, 1.82) is 0 Å².